The molecule has 0 unspecified atom stereocenters. The lowest BCUT2D eigenvalue weighted by molar-refractivity contribution is -0.238. The number of nitrogens with one attached hydrogen (secondary N) is 1. The van der Waals surface area contributed by atoms with E-state index in [4.69, 9.17) is 5.26 Å². The van der Waals surface area contributed by atoms with E-state index in [2.05, 4.69) is 10.2 Å². The van der Waals surface area contributed by atoms with Gasteiger partial charge in [-0.1, -0.05) is 0 Å². The van der Waals surface area contributed by atoms with Gasteiger partial charge in [-0.3, -0.25) is 0 Å². The first kappa shape index (κ1) is 7.50. The fourth-order valence-electron chi connectivity index (χ4n) is 1.19. The first-order valence-corrected chi connectivity index (χ1v) is 3.32. The molecule has 0 amide bonds. The summed E-state index contributed by atoms with van der Waals surface area (Å²) in [6.45, 7) is 2.60. The van der Waals surface area contributed by atoms with Crippen LogP contribution in [0.5, 0.6) is 0 Å². The lowest BCUT2D eigenvalue weighted by atomic mass is 10.1. The predicted octanol–water partition coefficient (Wildman–Crippen LogP) is 0.000600. The van der Waals surface area contributed by atoms with Crippen molar-refractivity contribution < 1.29 is 14.9 Å². The second-order valence-corrected chi connectivity index (χ2v) is 2.65. The number of hydrogen-bond donors (Lipinski definition) is 2. The maximum atomic E-state index is 10.6. The molecule has 1 heterocycles. The van der Waals surface area contributed by atoms with Gasteiger partial charge in [-0.15, -0.1) is 0 Å². The summed E-state index contributed by atoms with van der Waals surface area (Å²) in [5.74, 6) is -0.697. The highest BCUT2D eigenvalue weighted by Crippen LogP contribution is 2.13. The van der Waals surface area contributed by atoms with Crippen LogP contribution in [0.3, 0.4) is 0 Å². The Morgan fingerprint density at radius 1 is 1.80 bits per heavy atom. The Morgan fingerprint density at radius 3 is 2.90 bits per heavy atom. The summed E-state index contributed by atoms with van der Waals surface area (Å²) in [5, 5.41) is 11.1. The average molecular weight is 145 g/mol. The van der Waals surface area contributed by atoms with Crippen LogP contribution >= 0.6 is 0 Å². The normalized spacial score (nSPS) is 32.2. The highest BCUT2D eigenvalue weighted by Gasteiger charge is 2.28. The summed E-state index contributed by atoms with van der Waals surface area (Å²) in [6.07, 6.45) is 0.749. The fourth-order valence-corrected chi connectivity index (χ4v) is 1.19. The minimum atomic E-state index is -0.531. The average Bonchev–Trinajstić information content (AvgIpc) is 2.34. The molecule has 0 aromatic rings. The van der Waals surface area contributed by atoms with Crippen molar-refractivity contribution in [3.8, 4) is 0 Å². The standard InChI is InChI=1S/C6H11NO3/c1-4-2-5(3-7-4)6(8)10-9/h4-5,7,9H,2-3H2,1H3/t4-,5+/m0/s1. The summed E-state index contributed by atoms with van der Waals surface area (Å²) < 4.78 is 0. The summed E-state index contributed by atoms with van der Waals surface area (Å²) in [4.78, 5) is 14.3. The maximum Gasteiger partial charge on any atom is 0.346 e. The molecule has 1 rings (SSSR count). The molecule has 58 valence electrons. The van der Waals surface area contributed by atoms with Crippen LogP contribution in [0.2, 0.25) is 0 Å². The molecule has 1 saturated heterocycles. The monoisotopic (exact) mass is 145 g/mol. The van der Waals surface area contributed by atoms with Crippen LogP contribution < -0.4 is 5.32 Å². The third kappa shape index (κ3) is 1.46. The van der Waals surface area contributed by atoms with Crippen LogP contribution in [0.15, 0.2) is 0 Å². The third-order valence-corrected chi connectivity index (χ3v) is 1.77. The van der Waals surface area contributed by atoms with Crippen molar-refractivity contribution >= 4 is 5.97 Å². The molecule has 1 fully saturated rings. The zero-order valence-electron chi connectivity index (χ0n) is 5.83. The fraction of sp³-hybridized carbons (Fsp3) is 0.833. The third-order valence-electron chi connectivity index (χ3n) is 1.77. The van der Waals surface area contributed by atoms with Crippen molar-refractivity contribution in [3.05, 3.63) is 0 Å². The predicted molar refractivity (Wildman–Crippen MR) is 34.3 cm³/mol. The van der Waals surface area contributed by atoms with Gasteiger partial charge in [0.05, 0.1) is 5.92 Å². The van der Waals surface area contributed by atoms with Crippen LogP contribution in [0.1, 0.15) is 13.3 Å². The Bertz CT molecular complexity index is 137. The van der Waals surface area contributed by atoms with Gasteiger partial charge in [-0.05, 0) is 13.3 Å². The molecule has 0 radical (unpaired) electrons. The second-order valence-electron chi connectivity index (χ2n) is 2.65. The Balaban J connectivity index is 2.37. The molecule has 1 aliphatic rings. The van der Waals surface area contributed by atoms with Gasteiger partial charge in [-0.25, -0.2) is 4.79 Å². The molecule has 0 aromatic heterocycles. The lowest BCUT2D eigenvalue weighted by Crippen LogP contribution is -2.19. The second kappa shape index (κ2) is 2.98. The number of carbonyl (C=O) groups excluding carboxylic acids is 1. The molecule has 0 spiro atoms. The molecule has 0 aliphatic carbocycles. The van der Waals surface area contributed by atoms with E-state index in [9.17, 15) is 4.79 Å². The van der Waals surface area contributed by atoms with E-state index in [-0.39, 0.29) is 5.92 Å². The van der Waals surface area contributed by atoms with Crippen molar-refractivity contribution in [2.24, 2.45) is 5.92 Å². The first-order chi connectivity index (χ1) is 4.74. The highest BCUT2D eigenvalue weighted by atomic mass is 17.1. The molecule has 0 saturated carbocycles. The minimum Gasteiger partial charge on any atom is -0.313 e. The largest absolute Gasteiger partial charge is 0.346 e. The van der Waals surface area contributed by atoms with E-state index in [0.29, 0.717) is 12.6 Å². The van der Waals surface area contributed by atoms with Gasteiger partial charge < -0.3 is 10.2 Å². The van der Waals surface area contributed by atoms with Gasteiger partial charge in [0.1, 0.15) is 0 Å². The van der Waals surface area contributed by atoms with E-state index in [1.165, 1.54) is 0 Å². The van der Waals surface area contributed by atoms with Crippen molar-refractivity contribution in [2.75, 3.05) is 6.54 Å². The van der Waals surface area contributed by atoms with Crippen LogP contribution in [0.4, 0.5) is 0 Å². The molecule has 4 nitrogen and oxygen atoms in total. The summed E-state index contributed by atoms with van der Waals surface area (Å²) in [7, 11) is 0. The van der Waals surface area contributed by atoms with Gasteiger partial charge in [0, 0.05) is 12.6 Å². The van der Waals surface area contributed by atoms with Gasteiger partial charge in [0.2, 0.25) is 0 Å². The van der Waals surface area contributed by atoms with Gasteiger partial charge in [0.25, 0.3) is 0 Å². The first-order valence-electron chi connectivity index (χ1n) is 3.32. The summed E-state index contributed by atoms with van der Waals surface area (Å²) in [5.41, 5.74) is 0. The van der Waals surface area contributed by atoms with Crippen LogP contribution in [0.25, 0.3) is 0 Å². The molecule has 2 atom stereocenters. The van der Waals surface area contributed by atoms with Crippen molar-refractivity contribution in [1.82, 2.24) is 5.32 Å². The molecule has 10 heavy (non-hydrogen) atoms. The molecule has 1 aliphatic heterocycles. The Labute approximate surface area is 59.1 Å². The SMILES string of the molecule is C[C@H]1C[C@@H](C(=O)OO)CN1. The topological polar surface area (TPSA) is 58.6 Å². The quantitative estimate of drug-likeness (QED) is 0.403. The molecular weight excluding hydrogens is 134 g/mol. The van der Waals surface area contributed by atoms with Gasteiger partial charge in [-0.2, -0.15) is 5.26 Å². The molecular formula is C6H11NO3. The zero-order chi connectivity index (χ0) is 7.56. The smallest absolute Gasteiger partial charge is 0.313 e. The van der Waals surface area contributed by atoms with E-state index >= 15 is 0 Å². The van der Waals surface area contributed by atoms with E-state index in [0.717, 1.165) is 6.42 Å². The van der Waals surface area contributed by atoms with Crippen molar-refractivity contribution in [2.45, 2.75) is 19.4 Å². The highest BCUT2D eigenvalue weighted by molar-refractivity contribution is 5.72. The van der Waals surface area contributed by atoms with Crippen LogP contribution in [-0.4, -0.2) is 23.8 Å². The van der Waals surface area contributed by atoms with Crippen LogP contribution in [-0.2, 0) is 9.68 Å². The Morgan fingerprint density at radius 2 is 2.50 bits per heavy atom. The lowest BCUT2D eigenvalue weighted by Gasteiger charge is -2.01. The molecule has 0 bridgehead atoms. The molecule has 4 heteroatoms. The van der Waals surface area contributed by atoms with Crippen LogP contribution in [0, 0.1) is 5.92 Å². The number of rotatable bonds is 1. The van der Waals surface area contributed by atoms with E-state index in [1.54, 1.807) is 0 Å². The number of carbonyl (C=O) groups is 1. The number of hydrogen-bond acceptors (Lipinski definition) is 4. The Kier molecular flexibility index (Phi) is 2.24. The van der Waals surface area contributed by atoms with E-state index in [1.807, 2.05) is 6.92 Å². The zero-order valence-corrected chi connectivity index (χ0v) is 5.83. The van der Waals surface area contributed by atoms with Gasteiger partial charge in [0.15, 0.2) is 0 Å². The van der Waals surface area contributed by atoms with E-state index < -0.39 is 5.97 Å². The summed E-state index contributed by atoms with van der Waals surface area (Å²) >= 11 is 0. The summed E-state index contributed by atoms with van der Waals surface area (Å²) in [6, 6.07) is 0.351. The Hall–Kier alpha value is -0.610. The van der Waals surface area contributed by atoms with Crippen molar-refractivity contribution in [1.29, 1.82) is 0 Å². The van der Waals surface area contributed by atoms with Crippen molar-refractivity contribution in [3.63, 3.8) is 0 Å². The maximum absolute atomic E-state index is 10.6. The molecule has 2 N–H and O–H groups in total. The molecule has 0 aromatic carbocycles. The minimum absolute atomic E-state index is 0.167. The van der Waals surface area contributed by atoms with Gasteiger partial charge >= 0.3 is 5.97 Å².